The van der Waals surface area contributed by atoms with E-state index in [4.69, 9.17) is 35.7 Å². The van der Waals surface area contributed by atoms with E-state index < -0.39 is 40.7 Å². The van der Waals surface area contributed by atoms with Gasteiger partial charge in [0.05, 0.1) is 20.0 Å². The van der Waals surface area contributed by atoms with Crippen molar-refractivity contribution in [1.82, 2.24) is 4.31 Å². The predicted octanol–water partition coefficient (Wildman–Crippen LogP) is 5.42. The van der Waals surface area contributed by atoms with E-state index in [1.54, 1.807) is 68.8 Å². The van der Waals surface area contributed by atoms with Crippen LogP contribution in [0.3, 0.4) is 0 Å². The molecule has 0 amide bonds. The molecule has 1 N–H and O–H groups in total. The van der Waals surface area contributed by atoms with Gasteiger partial charge in [0.15, 0.2) is 18.1 Å². The Kier molecular flexibility index (Phi) is 11.5. The molecule has 1 aliphatic heterocycles. The molecule has 1 fully saturated rings. The zero-order valence-corrected chi connectivity index (χ0v) is 26.2. The maximum atomic E-state index is 13.7. The number of esters is 1. The lowest BCUT2D eigenvalue weighted by Crippen LogP contribution is -2.49. The minimum Gasteiger partial charge on any atom is -0.493 e. The summed E-state index contributed by atoms with van der Waals surface area (Å²) >= 11 is 5.96. The van der Waals surface area contributed by atoms with Crippen LogP contribution in [0, 0.1) is 0 Å². The molecule has 236 valence electrons. The van der Waals surface area contributed by atoms with Crippen molar-refractivity contribution < 1.29 is 42.1 Å². The Hall–Kier alpha value is -3.80. The first-order chi connectivity index (χ1) is 21.1. The molecule has 0 aromatic heterocycles. The smallest absolute Gasteiger partial charge is 0.341 e. The molecule has 0 saturated carbocycles. The third kappa shape index (κ3) is 8.87. The van der Waals surface area contributed by atoms with Gasteiger partial charge in [0.25, 0.3) is 0 Å². The standard InChI is InChI=1S/C32H36ClNO9S/c1-40-29-16-12-22(18-30(29)41-2)11-15-28(24-6-5-7-26(19-24)42-20-31(35)36)43-32(37)27-8-3-4-17-34(27)44(38,39)21-23-9-13-25(33)14-10-23/h5-7,9-10,12-14,16,18-19,27-28H,3-4,8,11,15,17,20-21H2,1-2H3,(H,35,36)/t27-,28+/m0/s1. The van der Waals surface area contributed by atoms with Crippen molar-refractivity contribution in [1.29, 1.82) is 0 Å². The zero-order valence-electron chi connectivity index (χ0n) is 24.6. The first-order valence-corrected chi connectivity index (χ1v) is 16.2. The number of hydrogen-bond acceptors (Lipinski definition) is 8. The molecule has 10 nitrogen and oxygen atoms in total. The van der Waals surface area contributed by atoms with Crippen LogP contribution >= 0.6 is 11.6 Å². The molecule has 2 atom stereocenters. The van der Waals surface area contributed by atoms with Crippen molar-refractivity contribution in [2.45, 2.75) is 50.0 Å². The van der Waals surface area contributed by atoms with Gasteiger partial charge < -0.3 is 24.1 Å². The summed E-state index contributed by atoms with van der Waals surface area (Å²) in [5.74, 6) is -0.574. The van der Waals surface area contributed by atoms with E-state index in [-0.39, 0.29) is 12.3 Å². The van der Waals surface area contributed by atoms with E-state index in [0.717, 1.165) is 5.56 Å². The number of aliphatic carboxylic acids is 1. The lowest BCUT2D eigenvalue weighted by atomic mass is 10.00. The first kappa shape index (κ1) is 33.1. The fraction of sp³-hybridized carbons (Fsp3) is 0.375. The lowest BCUT2D eigenvalue weighted by molar-refractivity contribution is -0.155. The second-order valence-corrected chi connectivity index (χ2v) is 12.8. The van der Waals surface area contributed by atoms with E-state index >= 15 is 0 Å². The Morgan fingerprint density at radius 1 is 0.977 bits per heavy atom. The van der Waals surface area contributed by atoms with Crippen molar-refractivity contribution in [3.63, 3.8) is 0 Å². The van der Waals surface area contributed by atoms with Gasteiger partial charge in [-0.2, -0.15) is 4.31 Å². The number of aryl methyl sites for hydroxylation is 1. The highest BCUT2D eigenvalue weighted by Crippen LogP contribution is 2.32. The topological polar surface area (TPSA) is 129 Å². The molecule has 1 aliphatic rings. The molecule has 4 rings (SSSR count). The Balaban J connectivity index is 1.57. The number of benzene rings is 3. The average molecular weight is 646 g/mol. The van der Waals surface area contributed by atoms with Crippen molar-refractivity contribution in [2.24, 2.45) is 0 Å². The SMILES string of the molecule is COc1ccc(CC[C@@H](OC(=O)[C@@H]2CCCCN2S(=O)(=O)Cc2ccc(Cl)cc2)c2cccc(OCC(=O)O)c2)cc1OC. The fourth-order valence-electron chi connectivity index (χ4n) is 5.14. The quantitative estimate of drug-likeness (QED) is 0.228. The summed E-state index contributed by atoms with van der Waals surface area (Å²) in [7, 11) is -0.748. The number of halogens is 1. The number of piperidine rings is 1. The van der Waals surface area contributed by atoms with Crippen LogP contribution in [0.5, 0.6) is 17.2 Å². The van der Waals surface area contributed by atoms with E-state index in [9.17, 15) is 18.0 Å². The summed E-state index contributed by atoms with van der Waals surface area (Å²) in [5.41, 5.74) is 2.07. The number of carboxylic acids is 1. The van der Waals surface area contributed by atoms with Crippen molar-refractivity contribution in [3.05, 3.63) is 88.4 Å². The predicted molar refractivity (Wildman–Crippen MR) is 165 cm³/mol. The monoisotopic (exact) mass is 645 g/mol. The Labute approximate surface area is 262 Å². The van der Waals surface area contributed by atoms with Crippen LogP contribution in [0.25, 0.3) is 0 Å². The number of rotatable bonds is 14. The maximum absolute atomic E-state index is 13.7. The fourth-order valence-corrected chi connectivity index (χ4v) is 7.04. The molecular weight excluding hydrogens is 610 g/mol. The van der Waals surface area contributed by atoms with Gasteiger partial charge in [-0.15, -0.1) is 0 Å². The van der Waals surface area contributed by atoms with Gasteiger partial charge in [0.2, 0.25) is 10.0 Å². The van der Waals surface area contributed by atoms with E-state index in [1.165, 1.54) is 4.31 Å². The van der Waals surface area contributed by atoms with Gasteiger partial charge >= 0.3 is 11.9 Å². The van der Waals surface area contributed by atoms with E-state index in [1.807, 2.05) is 12.1 Å². The van der Waals surface area contributed by atoms with Gasteiger partial charge in [-0.3, -0.25) is 4.79 Å². The van der Waals surface area contributed by atoms with Crippen LogP contribution in [-0.2, 0) is 36.5 Å². The first-order valence-electron chi connectivity index (χ1n) is 14.2. The van der Waals surface area contributed by atoms with Crippen LogP contribution in [-0.4, -0.2) is 63.2 Å². The minimum atomic E-state index is -3.85. The molecule has 0 aliphatic carbocycles. The maximum Gasteiger partial charge on any atom is 0.341 e. The van der Waals surface area contributed by atoms with Crippen LogP contribution in [0.4, 0.5) is 0 Å². The van der Waals surface area contributed by atoms with Crippen LogP contribution < -0.4 is 14.2 Å². The van der Waals surface area contributed by atoms with E-state index in [0.29, 0.717) is 65.5 Å². The summed E-state index contributed by atoms with van der Waals surface area (Å²) in [6.07, 6.45) is 1.72. The molecule has 3 aromatic rings. The number of carbonyl (C=O) groups excluding carboxylic acids is 1. The van der Waals surface area contributed by atoms with Crippen molar-refractivity contribution in [3.8, 4) is 17.2 Å². The van der Waals surface area contributed by atoms with Crippen LogP contribution in [0.2, 0.25) is 5.02 Å². The minimum absolute atomic E-state index is 0.213. The second-order valence-electron chi connectivity index (χ2n) is 10.4. The number of methoxy groups -OCH3 is 2. The largest absolute Gasteiger partial charge is 0.493 e. The summed E-state index contributed by atoms with van der Waals surface area (Å²) < 4.78 is 50.5. The molecule has 0 radical (unpaired) electrons. The highest BCUT2D eigenvalue weighted by Gasteiger charge is 2.38. The van der Waals surface area contributed by atoms with Crippen LogP contribution in [0.1, 0.15) is 48.5 Å². The highest BCUT2D eigenvalue weighted by molar-refractivity contribution is 7.88. The van der Waals surface area contributed by atoms with Gasteiger partial charge in [-0.25, -0.2) is 13.2 Å². The third-order valence-electron chi connectivity index (χ3n) is 7.34. The molecule has 1 heterocycles. The molecule has 12 heteroatoms. The van der Waals surface area contributed by atoms with E-state index in [2.05, 4.69) is 0 Å². The number of carbonyl (C=O) groups is 2. The molecule has 0 unspecified atom stereocenters. The average Bonchev–Trinajstić information content (AvgIpc) is 3.02. The number of hydrogen-bond donors (Lipinski definition) is 1. The normalized spacial score (nSPS) is 16.1. The van der Waals surface area contributed by atoms with Gasteiger partial charge in [-0.05, 0) is 85.2 Å². The molecule has 1 saturated heterocycles. The Morgan fingerprint density at radius 2 is 1.70 bits per heavy atom. The van der Waals surface area contributed by atoms with Gasteiger partial charge in [0.1, 0.15) is 17.9 Å². The summed E-state index contributed by atoms with van der Waals surface area (Å²) in [4.78, 5) is 24.8. The van der Waals surface area contributed by atoms with Crippen molar-refractivity contribution in [2.75, 3.05) is 27.4 Å². The number of carboxylic acid groups (broad SMARTS) is 1. The number of ether oxygens (including phenoxy) is 4. The molecular formula is C32H36ClNO9S. The van der Waals surface area contributed by atoms with Crippen LogP contribution in [0.15, 0.2) is 66.7 Å². The third-order valence-corrected chi connectivity index (χ3v) is 9.44. The molecule has 44 heavy (non-hydrogen) atoms. The highest BCUT2D eigenvalue weighted by atomic mass is 35.5. The Bertz CT molecular complexity index is 1550. The molecule has 0 spiro atoms. The number of sulfonamides is 1. The molecule has 0 bridgehead atoms. The van der Waals surface area contributed by atoms with Gasteiger partial charge in [0, 0.05) is 11.6 Å². The summed E-state index contributed by atoms with van der Waals surface area (Å²) in [5, 5.41) is 9.53. The number of nitrogens with zero attached hydrogens (tertiary/aromatic N) is 1. The summed E-state index contributed by atoms with van der Waals surface area (Å²) in [6, 6.07) is 17.8. The van der Waals surface area contributed by atoms with Crippen molar-refractivity contribution >= 4 is 33.6 Å². The second kappa shape index (κ2) is 15.3. The Morgan fingerprint density at radius 3 is 2.41 bits per heavy atom. The molecule has 3 aromatic carbocycles. The zero-order chi connectivity index (χ0) is 31.7. The van der Waals surface area contributed by atoms with Gasteiger partial charge in [-0.1, -0.05) is 41.9 Å². The summed E-state index contributed by atoms with van der Waals surface area (Å²) in [6.45, 7) is -0.313. The lowest BCUT2D eigenvalue weighted by Gasteiger charge is -2.34.